The zero-order valence-corrected chi connectivity index (χ0v) is 13.0. The standard InChI is InChI=1S/C15H17NO2S2/c1-10-8-16(6-7-19-10)9-12-11-4-2-3-5-13(11)20-14(12)15(17)18/h2-5,10H,6-9H2,1H3,(H,17,18). The average Bonchev–Trinajstić information content (AvgIpc) is 2.78. The summed E-state index contributed by atoms with van der Waals surface area (Å²) >= 11 is 3.38. The molecule has 0 spiro atoms. The third-order valence-corrected chi connectivity index (χ3v) is 5.94. The molecular weight excluding hydrogens is 290 g/mol. The first kappa shape index (κ1) is 13.9. The number of thioether (sulfide) groups is 1. The summed E-state index contributed by atoms with van der Waals surface area (Å²) in [7, 11) is 0. The van der Waals surface area contributed by atoms with E-state index in [2.05, 4.69) is 11.8 Å². The van der Waals surface area contributed by atoms with Gasteiger partial charge in [0.05, 0.1) is 0 Å². The minimum atomic E-state index is -0.805. The van der Waals surface area contributed by atoms with Crippen LogP contribution in [0.3, 0.4) is 0 Å². The molecule has 1 aromatic heterocycles. The van der Waals surface area contributed by atoms with Crippen LogP contribution in [0.15, 0.2) is 24.3 Å². The van der Waals surface area contributed by atoms with Crippen molar-refractivity contribution < 1.29 is 9.90 Å². The molecule has 1 aromatic carbocycles. The molecule has 2 heterocycles. The van der Waals surface area contributed by atoms with E-state index in [1.165, 1.54) is 11.3 Å². The van der Waals surface area contributed by atoms with Crippen LogP contribution >= 0.6 is 23.1 Å². The number of carboxylic acid groups (broad SMARTS) is 1. The number of nitrogens with zero attached hydrogens (tertiary/aromatic N) is 1. The van der Waals surface area contributed by atoms with Gasteiger partial charge in [-0.3, -0.25) is 4.90 Å². The van der Waals surface area contributed by atoms with E-state index in [-0.39, 0.29) is 0 Å². The summed E-state index contributed by atoms with van der Waals surface area (Å²) in [5.41, 5.74) is 0.984. The highest BCUT2D eigenvalue weighted by atomic mass is 32.2. The van der Waals surface area contributed by atoms with E-state index in [4.69, 9.17) is 0 Å². The van der Waals surface area contributed by atoms with E-state index in [0.29, 0.717) is 10.1 Å². The van der Waals surface area contributed by atoms with Gasteiger partial charge in [-0.05, 0) is 17.0 Å². The molecule has 5 heteroatoms. The van der Waals surface area contributed by atoms with Gasteiger partial charge in [-0.15, -0.1) is 11.3 Å². The van der Waals surface area contributed by atoms with Crippen LogP contribution in [0.25, 0.3) is 10.1 Å². The summed E-state index contributed by atoms with van der Waals surface area (Å²) in [6.45, 7) is 5.06. The van der Waals surface area contributed by atoms with Crippen molar-refractivity contribution in [2.45, 2.75) is 18.7 Å². The van der Waals surface area contributed by atoms with Crippen molar-refractivity contribution in [3.05, 3.63) is 34.7 Å². The Bertz CT molecular complexity index is 638. The zero-order chi connectivity index (χ0) is 14.1. The molecule has 0 amide bonds. The second-order valence-corrected chi connectivity index (χ2v) is 7.73. The van der Waals surface area contributed by atoms with Crippen molar-refractivity contribution in [1.82, 2.24) is 4.90 Å². The first-order valence-corrected chi connectivity index (χ1v) is 8.59. The van der Waals surface area contributed by atoms with E-state index >= 15 is 0 Å². The summed E-state index contributed by atoms with van der Waals surface area (Å²) in [5, 5.41) is 11.2. The fourth-order valence-electron chi connectivity index (χ4n) is 2.69. The van der Waals surface area contributed by atoms with Crippen molar-refractivity contribution in [3.63, 3.8) is 0 Å². The van der Waals surface area contributed by atoms with Gasteiger partial charge >= 0.3 is 5.97 Å². The van der Waals surface area contributed by atoms with Crippen LogP contribution in [0.5, 0.6) is 0 Å². The lowest BCUT2D eigenvalue weighted by Crippen LogP contribution is -2.36. The smallest absolute Gasteiger partial charge is 0.346 e. The highest BCUT2D eigenvalue weighted by Crippen LogP contribution is 2.33. The van der Waals surface area contributed by atoms with Gasteiger partial charge < -0.3 is 5.11 Å². The fraction of sp³-hybridized carbons (Fsp3) is 0.400. The number of fused-ring (bicyclic) bond motifs is 1. The number of carboxylic acids is 1. The lowest BCUT2D eigenvalue weighted by Gasteiger charge is -2.30. The van der Waals surface area contributed by atoms with E-state index < -0.39 is 5.97 Å². The summed E-state index contributed by atoms with van der Waals surface area (Å²) in [6, 6.07) is 7.99. The Morgan fingerprint density at radius 1 is 1.45 bits per heavy atom. The van der Waals surface area contributed by atoms with Gasteiger partial charge in [0.15, 0.2) is 0 Å². The summed E-state index contributed by atoms with van der Waals surface area (Å²) in [4.78, 5) is 14.4. The second-order valence-electron chi connectivity index (χ2n) is 5.13. The monoisotopic (exact) mass is 307 g/mol. The van der Waals surface area contributed by atoms with Gasteiger partial charge in [-0.25, -0.2) is 4.79 Å². The van der Waals surface area contributed by atoms with Gasteiger partial charge in [-0.2, -0.15) is 11.8 Å². The molecule has 1 unspecified atom stereocenters. The third-order valence-electron chi connectivity index (χ3n) is 3.60. The SMILES string of the molecule is CC1CN(Cc2c(C(=O)O)sc3ccccc23)CCS1. The van der Waals surface area contributed by atoms with Gasteiger partial charge in [0.25, 0.3) is 0 Å². The third kappa shape index (κ3) is 2.71. The number of benzene rings is 1. The molecule has 1 aliphatic heterocycles. The summed E-state index contributed by atoms with van der Waals surface area (Å²) in [5.74, 6) is 0.326. The molecule has 106 valence electrons. The molecule has 1 atom stereocenters. The Labute approximate surface area is 126 Å². The predicted molar refractivity (Wildman–Crippen MR) is 86.0 cm³/mol. The number of aromatic carboxylic acids is 1. The maximum Gasteiger partial charge on any atom is 0.346 e. The lowest BCUT2D eigenvalue weighted by atomic mass is 10.1. The normalized spacial score (nSPS) is 20.4. The molecule has 0 saturated carbocycles. The van der Waals surface area contributed by atoms with Crippen molar-refractivity contribution in [3.8, 4) is 0 Å². The van der Waals surface area contributed by atoms with Crippen LogP contribution in [-0.2, 0) is 6.54 Å². The van der Waals surface area contributed by atoms with Gasteiger partial charge in [0, 0.05) is 35.3 Å². The first-order chi connectivity index (χ1) is 9.65. The van der Waals surface area contributed by atoms with Crippen LogP contribution in [0.2, 0.25) is 0 Å². The number of rotatable bonds is 3. The van der Waals surface area contributed by atoms with Crippen molar-refractivity contribution >= 4 is 39.2 Å². The van der Waals surface area contributed by atoms with E-state index in [9.17, 15) is 9.90 Å². The van der Waals surface area contributed by atoms with Gasteiger partial charge in [-0.1, -0.05) is 25.1 Å². The zero-order valence-electron chi connectivity index (χ0n) is 11.3. The quantitative estimate of drug-likeness (QED) is 0.941. The van der Waals surface area contributed by atoms with Gasteiger partial charge in [0.1, 0.15) is 4.88 Å². The Balaban J connectivity index is 1.96. The van der Waals surface area contributed by atoms with Crippen LogP contribution in [0, 0.1) is 0 Å². The molecule has 0 aliphatic carbocycles. The molecule has 3 nitrogen and oxygen atoms in total. The summed E-state index contributed by atoms with van der Waals surface area (Å²) < 4.78 is 1.07. The van der Waals surface area contributed by atoms with Crippen LogP contribution in [0.1, 0.15) is 22.2 Å². The number of hydrogen-bond acceptors (Lipinski definition) is 4. The molecule has 0 radical (unpaired) electrons. The Morgan fingerprint density at radius 2 is 2.25 bits per heavy atom. The molecule has 3 rings (SSSR count). The predicted octanol–water partition coefficient (Wildman–Crippen LogP) is 3.54. The maximum atomic E-state index is 11.5. The molecule has 0 bridgehead atoms. The molecule has 1 aliphatic rings. The Kier molecular flexibility index (Phi) is 4.01. The molecule has 1 N–H and O–H groups in total. The van der Waals surface area contributed by atoms with E-state index in [1.807, 2.05) is 36.0 Å². The second kappa shape index (κ2) is 5.76. The number of carbonyl (C=O) groups is 1. The highest BCUT2D eigenvalue weighted by molar-refractivity contribution is 7.99. The number of hydrogen-bond donors (Lipinski definition) is 1. The highest BCUT2D eigenvalue weighted by Gasteiger charge is 2.22. The molecule has 2 aromatic rings. The minimum Gasteiger partial charge on any atom is -0.477 e. The largest absolute Gasteiger partial charge is 0.477 e. The lowest BCUT2D eigenvalue weighted by molar-refractivity contribution is 0.0700. The number of thiophene rings is 1. The minimum absolute atomic E-state index is 0.497. The van der Waals surface area contributed by atoms with E-state index in [1.54, 1.807) is 0 Å². The van der Waals surface area contributed by atoms with Crippen molar-refractivity contribution in [1.29, 1.82) is 0 Å². The average molecular weight is 307 g/mol. The Morgan fingerprint density at radius 3 is 3.00 bits per heavy atom. The fourth-order valence-corrected chi connectivity index (χ4v) is 4.82. The molecule has 1 fully saturated rings. The van der Waals surface area contributed by atoms with Crippen LogP contribution in [-0.4, -0.2) is 40.1 Å². The van der Waals surface area contributed by atoms with Crippen LogP contribution < -0.4 is 0 Å². The first-order valence-electron chi connectivity index (χ1n) is 6.73. The van der Waals surface area contributed by atoms with Gasteiger partial charge in [0.2, 0.25) is 0 Å². The van der Waals surface area contributed by atoms with Crippen molar-refractivity contribution in [2.75, 3.05) is 18.8 Å². The molecular formula is C15H17NO2S2. The topological polar surface area (TPSA) is 40.5 Å². The summed E-state index contributed by atoms with van der Waals surface area (Å²) in [6.07, 6.45) is 0. The molecule has 20 heavy (non-hydrogen) atoms. The maximum absolute atomic E-state index is 11.5. The van der Waals surface area contributed by atoms with Crippen molar-refractivity contribution in [2.24, 2.45) is 0 Å². The van der Waals surface area contributed by atoms with E-state index in [0.717, 1.165) is 41.0 Å². The Hall–Kier alpha value is -1.04. The molecule has 1 saturated heterocycles. The van der Waals surface area contributed by atoms with Crippen LogP contribution in [0.4, 0.5) is 0 Å².